The van der Waals surface area contributed by atoms with E-state index in [1.165, 1.54) is 47.1 Å². The number of alkyl halides is 4. The number of hydrogen-bond donors (Lipinski definition) is 1. The molecule has 0 spiro atoms. The predicted molar refractivity (Wildman–Crippen MR) is 212 cm³/mol. The van der Waals surface area contributed by atoms with Crippen LogP contribution in [0.4, 0.5) is 0 Å². The minimum Gasteiger partial charge on any atom is -0.870 e. The first-order valence-corrected chi connectivity index (χ1v) is 17.9. The number of benzene rings is 6. The van der Waals surface area contributed by atoms with Gasteiger partial charge in [0.2, 0.25) is 6.79 Å². The zero-order valence-electron chi connectivity index (χ0n) is 28.6. The molecule has 262 valence electrons. The quantitative estimate of drug-likeness (QED) is 0.0997. The molecule has 0 bridgehead atoms. The Morgan fingerprint density at radius 1 is 0.392 bits per heavy atom. The van der Waals surface area contributed by atoms with E-state index in [1.54, 1.807) is 12.1 Å². The van der Waals surface area contributed by atoms with Crippen molar-refractivity contribution in [1.29, 1.82) is 0 Å². The SMILES string of the molecule is C1CC1.ClCCl.ClCCl.Oc1ccc(-c2ccccc2)cc1.[Na+].[OH-].c1ccc(-c2ccc(OCOc3ccc(-c4ccccc4)cc3)cc2)cc1. The van der Waals surface area contributed by atoms with Gasteiger partial charge in [-0.3, -0.25) is 0 Å². The van der Waals surface area contributed by atoms with Crippen LogP contribution < -0.4 is 39.0 Å². The minimum absolute atomic E-state index is 0. The zero-order chi connectivity index (χ0) is 34.9. The summed E-state index contributed by atoms with van der Waals surface area (Å²) >= 11 is 19.1. The van der Waals surface area contributed by atoms with E-state index in [2.05, 4.69) is 48.5 Å². The monoisotopic (exact) mass is 772 g/mol. The Bertz CT molecular complexity index is 1590. The molecule has 0 aliphatic heterocycles. The van der Waals surface area contributed by atoms with Gasteiger partial charge < -0.3 is 20.1 Å². The molecule has 0 saturated heterocycles. The van der Waals surface area contributed by atoms with Crippen LogP contribution in [0.2, 0.25) is 0 Å². The largest absolute Gasteiger partial charge is 1.00 e. The molecule has 2 N–H and O–H groups in total. The van der Waals surface area contributed by atoms with Crippen LogP contribution in [0.1, 0.15) is 19.3 Å². The molecule has 0 aromatic heterocycles. The van der Waals surface area contributed by atoms with Crippen LogP contribution in [0.3, 0.4) is 0 Å². The molecule has 0 unspecified atom stereocenters. The van der Waals surface area contributed by atoms with Gasteiger partial charge >= 0.3 is 29.6 Å². The molecule has 0 radical (unpaired) electrons. The molecule has 0 amide bonds. The first-order valence-electron chi connectivity index (χ1n) is 15.7. The molecule has 6 aromatic carbocycles. The van der Waals surface area contributed by atoms with E-state index >= 15 is 0 Å². The summed E-state index contributed by atoms with van der Waals surface area (Å²) in [5.74, 6) is 1.88. The maximum atomic E-state index is 9.10. The molecule has 6 aromatic rings. The van der Waals surface area contributed by atoms with Gasteiger partial charge in [-0.05, 0) is 69.8 Å². The van der Waals surface area contributed by atoms with Gasteiger partial charge in [-0.1, -0.05) is 147 Å². The number of rotatable bonds is 7. The normalized spacial score (nSPS) is 10.1. The summed E-state index contributed by atoms with van der Waals surface area (Å²) in [6, 6.07) is 53.9. The Hall–Kier alpha value is -3.16. The van der Waals surface area contributed by atoms with Crippen LogP contribution in [0.5, 0.6) is 17.2 Å². The maximum absolute atomic E-state index is 9.10. The van der Waals surface area contributed by atoms with Crippen molar-refractivity contribution in [3.63, 3.8) is 0 Å². The van der Waals surface area contributed by atoms with E-state index in [0.29, 0.717) is 5.75 Å². The second-order valence-electron chi connectivity index (χ2n) is 10.4. The molecule has 9 heteroatoms. The van der Waals surface area contributed by atoms with Crippen molar-refractivity contribution in [2.24, 2.45) is 0 Å². The number of hydrogen-bond acceptors (Lipinski definition) is 4. The van der Waals surface area contributed by atoms with E-state index in [4.69, 9.17) is 61.0 Å². The third kappa shape index (κ3) is 19.3. The van der Waals surface area contributed by atoms with Gasteiger partial charge in [0.05, 0.1) is 10.7 Å². The van der Waals surface area contributed by atoms with Crippen LogP contribution >= 0.6 is 46.4 Å². The number of ether oxygens (including phenoxy) is 2. The van der Waals surface area contributed by atoms with Gasteiger partial charge in [0.25, 0.3) is 0 Å². The van der Waals surface area contributed by atoms with Crippen molar-refractivity contribution in [2.75, 3.05) is 17.5 Å². The number of phenolic OH excluding ortho intramolecular Hbond substituents is 1. The molecule has 0 heterocycles. The van der Waals surface area contributed by atoms with Crippen LogP contribution in [-0.4, -0.2) is 28.1 Å². The first-order chi connectivity index (χ1) is 24.1. The molecular formula is C42H41Cl4NaO4. The van der Waals surface area contributed by atoms with Gasteiger partial charge in [0.1, 0.15) is 17.2 Å². The Labute approximate surface area is 344 Å². The Morgan fingerprint density at radius 3 is 0.882 bits per heavy atom. The molecule has 1 aliphatic carbocycles. The summed E-state index contributed by atoms with van der Waals surface area (Å²) in [6.45, 7) is 0.176. The Morgan fingerprint density at radius 2 is 0.627 bits per heavy atom. The third-order valence-corrected chi connectivity index (χ3v) is 6.70. The van der Waals surface area contributed by atoms with Crippen LogP contribution in [-0.2, 0) is 0 Å². The van der Waals surface area contributed by atoms with Gasteiger partial charge in [-0.25, -0.2) is 0 Å². The predicted octanol–water partition coefficient (Wildman–Crippen LogP) is 10.3. The first kappa shape index (κ1) is 45.9. The third-order valence-electron chi connectivity index (χ3n) is 6.70. The van der Waals surface area contributed by atoms with E-state index in [1.807, 2.05) is 103 Å². The van der Waals surface area contributed by atoms with E-state index in [0.717, 1.165) is 17.1 Å². The number of halogens is 4. The summed E-state index contributed by atoms with van der Waals surface area (Å²) in [7, 11) is 0. The fraction of sp³-hybridized carbons (Fsp3) is 0.143. The average Bonchev–Trinajstić information content (AvgIpc) is 4.05. The van der Waals surface area contributed by atoms with Crippen molar-refractivity contribution in [3.05, 3.63) is 164 Å². The molecule has 1 aliphatic rings. The van der Waals surface area contributed by atoms with Gasteiger partial charge in [-0.2, -0.15) is 0 Å². The topological polar surface area (TPSA) is 68.7 Å². The van der Waals surface area contributed by atoms with Crippen LogP contribution in [0, 0.1) is 0 Å². The van der Waals surface area contributed by atoms with Crippen molar-refractivity contribution in [1.82, 2.24) is 0 Å². The summed E-state index contributed by atoms with van der Waals surface area (Å²) in [5.41, 5.74) is 7.01. The van der Waals surface area contributed by atoms with Crippen molar-refractivity contribution < 1.29 is 49.6 Å². The average molecular weight is 775 g/mol. The Balaban J connectivity index is 0.000000450. The van der Waals surface area contributed by atoms with Crippen molar-refractivity contribution >= 4 is 46.4 Å². The van der Waals surface area contributed by atoms with Gasteiger partial charge in [0, 0.05) is 0 Å². The minimum atomic E-state index is 0. The zero-order valence-corrected chi connectivity index (χ0v) is 33.6. The summed E-state index contributed by atoms with van der Waals surface area (Å²) < 4.78 is 11.4. The molecule has 0 atom stereocenters. The molecule has 1 fully saturated rings. The Kier molecular flexibility index (Phi) is 25.6. The van der Waals surface area contributed by atoms with Crippen molar-refractivity contribution in [3.8, 4) is 50.6 Å². The van der Waals surface area contributed by atoms with Crippen LogP contribution in [0.15, 0.2) is 164 Å². The summed E-state index contributed by atoms with van der Waals surface area (Å²) in [5, 5.41) is 9.49. The fourth-order valence-corrected chi connectivity index (χ4v) is 4.20. The second kappa shape index (κ2) is 28.4. The molecule has 4 nitrogen and oxygen atoms in total. The smallest absolute Gasteiger partial charge is 0.870 e. The number of aromatic hydroxyl groups is 1. The second-order valence-corrected chi connectivity index (χ2v) is 12.0. The maximum Gasteiger partial charge on any atom is 1.00 e. The van der Waals surface area contributed by atoms with E-state index in [9.17, 15) is 0 Å². The van der Waals surface area contributed by atoms with E-state index in [-0.39, 0.29) is 52.5 Å². The van der Waals surface area contributed by atoms with Gasteiger partial charge in [0.15, 0.2) is 0 Å². The fourth-order valence-electron chi connectivity index (χ4n) is 4.20. The van der Waals surface area contributed by atoms with Crippen molar-refractivity contribution in [2.45, 2.75) is 19.3 Å². The standard InChI is InChI=1S/C25H20O2.C12H10O.C3H6.2CH2Cl2.Na.H2O/c1-3-7-20(8-4-1)22-11-15-24(16-12-22)26-19-27-25-17-13-23(14-18-25)21-9-5-2-6-10-21;13-12-8-6-11(7-9-12)10-4-2-1-3-5-10;1-2-3-1;2*2-1-3;;/h1-18H,19H2;1-9,13H;1-3H2;2*1H2;;1H2/q;;;;;+1;/p-1. The molecule has 51 heavy (non-hydrogen) atoms. The van der Waals surface area contributed by atoms with Gasteiger partial charge in [-0.15, -0.1) is 46.4 Å². The molecule has 7 rings (SSSR count). The molecule has 1 saturated carbocycles. The summed E-state index contributed by atoms with van der Waals surface area (Å²) in [6.07, 6.45) is 4.50. The number of phenols is 1. The summed E-state index contributed by atoms with van der Waals surface area (Å²) in [4.78, 5) is 0. The molecular weight excluding hydrogens is 733 g/mol. The van der Waals surface area contributed by atoms with Crippen LogP contribution in [0.25, 0.3) is 33.4 Å². The van der Waals surface area contributed by atoms with E-state index < -0.39 is 0 Å².